The van der Waals surface area contributed by atoms with E-state index < -0.39 is 11.4 Å². The van der Waals surface area contributed by atoms with Gasteiger partial charge in [-0.1, -0.05) is 12.8 Å². The lowest BCUT2D eigenvalue weighted by atomic mass is 9.71. The summed E-state index contributed by atoms with van der Waals surface area (Å²) >= 11 is 0. The van der Waals surface area contributed by atoms with Gasteiger partial charge >= 0.3 is 5.97 Å². The van der Waals surface area contributed by atoms with E-state index in [1.807, 2.05) is 0 Å². The van der Waals surface area contributed by atoms with Gasteiger partial charge in [-0.2, -0.15) is 0 Å². The van der Waals surface area contributed by atoms with Gasteiger partial charge in [0.05, 0.1) is 11.0 Å². The van der Waals surface area contributed by atoms with Crippen molar-refractivity contribution in [2.75, 3.05) is 0 Å². The van der Waals surface area contributed by atoms with Gasteiger partial charge in [-0.25, -0.2) is 0 Å². The molecule has 1 amide bonds. The Balaban J connectivity index is 2.17. The number of hydrogen-bond donors (Lipinski definition) is 2. The Morgan fingerprint density at radius 2 is 2.10 bits per heavy atom. The minimum absolute atomic E-state index is 0.251. The molecule has 110 valence electrons. The fourth-order valence-corrected chi connectivity index (χ4v) is 2.91. The van der Waals surface area contributed by atoms with Gasteiger partial charge in [-0.15, -0.1) is 0 Å². The summed E-state index contributed by atoms with van der Waals surface area (Å²) in [4.78, 5) is 23.8. The second kappa shape index (κ2) is 5.31. The summed E-state index contributed by atoms with van der Waals surface area (Å²) < 4.78 is 5.35. The minimum Gasteiger partial charge on any atom is -0.481 e. The van der Waals surface area contributed by atoms with Gasteiger partial charge in [-0.3, -0.25) is 9.59 Å². The van der Waals surface area contributed by atoms with E-state index in [0.29, 0.717) is 29.9 Å². The largest absolute Gasteiger partial charge is 0.481 e. The first kappa shape index (κ1) is 14.6. The maximum absolute atomic E-state index is 12.3. The summed E-state index contributed by atoms with van der Waals surface area (Å²) in [5, 5.41) is 12.3. The highest BCUT2D eigenvalue weighted by Gasteiger charge is 2.44. The molecule has 20 heavy (non-hydrogen) atoms. The van der Waals surface area contributed by atoms with Crippen LogP contribution in [0.4, 0.5) is 0 Å². The lowest BCUT2D eigenvalue weighted by Crippen LogP contribution is -2.52. The van der Waals surface area contributed by atoms with Gasteiger partial charge in [-0.05, 0) is 39.7 Å². The molecule has 2 N–H and O–H groups in total. The van der Waals surface area contributed by atoms with Gasteiger partial charge in [0.25, 0.3) is 5.91 Å². The molecule has 0 bridgehead atoms. The van der Waals surface area contributed by atoms with Crippen LogP contribution in [0.1, 0.15) is 54.5 Å². The zero-order valence-corrected chi connectivity index (χ0v) is 12.2. The van der Waals surface area contributed by atoms with Crippen LogP contribution in [0.3, 0.4) is 0 Å². The highest BCUT2D eigenvalue weighted by molar-refractivity contribution is 5.96. The SMILES string of the molecule is Cc1cc(C(=O)NC2CCCCC2(C)C(=O)O)c(C)o1. The monoisotopic (exact) mass is 279 g/mol. The molecule has 0 aromatic carbocycles. The minimum atomic E-state index is -0.888. The predicted octanol–water partition coefficient (Wildman–Crippen LogP) is 2.66. The molecule has 1 aliphatic rings. The Hall–Kier alpha value is -1.78. The Labute approximate surface area is 118 Å². The summed E-state index contributed by atoms with van der Waals surface area (Å²) in [6.45, 7) is 5.23. The van der Waals surface area contributed by atoms with Crippen molar-refractivity contribution in [1.29, 1.82) is 0 Å². The molecule has 5 nitrogen and oxygen atoms in total. The Morgan fingerprint density at radius 3 is 2.65 bits per heavy atom. The van der Waals surface area contributed by atoms with Crippen LogP contribution in [-0.4, -0.2) is 23.0 Å². The van der Waals surface area contributed by atoms with E-state index >= 15 is 0 Å². The molecule has 0 spiro atoms. The summed E-state index contributed by atoms with van der Waals surface area (Å²) in [5.74, 6) is 0.145. The zero-order chi connectivity index (χ0) is 14.9. The molecule has 2 atom stereocenters. The van der Waals surface area contributed by atoms with Crippen LogP contribution in [0.5, 0.6) is 0 Å². The van der Waals surface area contributed by atoms with Crippen molar-refractivity contribution in [1.82, 2.24) is 5.32 Å². The maximum Gasteiger partial charge on any atom is 0.311 e. The van der Waals surface area contributed by atoms with E-state index in [9.17, 15) is 14.7 Å². The first-order valence-electron chi connectivity index (χ1n) is 6.96. The number of aliphatic carboxylic acids is 1. The molecule has 1 aromatic heterocycles. The third-order valence-corrected chi connectivity index (χ3v) is 4.29. The zero-order valence-electron chi connectivity index (χ0n) is 12.2. The van der Waals surface area contributed by atoms with E-state index in [0.717, 1.165) is 12.8 Å². The third-order valence-electron chi connectivity index (χ3n) is 4.29. The summed E-state index contributed by atoms with van der Waals surface area (Å²) in [7, 11) is 0. The van der Waals surface area contributed by atoms with Gasteiger partial charge in [0.15, 0.2) is 0 Å². The molecule has 5 heteroatoms. The molecular formula is C15H21NO4. The first-order chi connectivity index (χ1) is 9.34. The smallest absolute Gasteiger partial charge is 0.311 e. The van der Waals surface area contributed by atoms with Crippen molar-refractivity contribution < 1.29 is 19.1 Å². The molecule has 0 aliphatic heterocycles. The Bertz CT molecular complexity index is 534. The van der Waals surface area contributed by atoms with E-state index in [1.165, 1.54) is 0 Å². The normalized spacial score (nSPS) is 26.2. The molecule has 2 unspecified atom stereocenters. The van der Waals surface area contributed by atoms with Gasteiger partial charge in [0.1, 0.15) is 11.5 Å². The first-order valence-corrected chi connectivity index (χ1v) is 6.96. The Morgan fingerprint density at radius 1 is 1.40 bits per heavy atom. The van der Waals surface area contributed by atoms with Crippen LogP contribution >= 0.6 is 0 Å². The number of amides is 1. The van der Waals surface area contributed by atoms with E-state index in [-0.39, 0.29) is 11.9 Å². The molecular weight excluding hydrogens is 258 g/mol. The van der Waals surface area contributed by atoms with Gasteiger partial charge in [0, 0.05) is 6.04 Å². The van der Waals surface area contributed by atoms with Crippen LogP contribution in [0.15, 0.2) is 10.5 Å². The number of carbonyl (C=O) groups is 2. The van der Waals surface area contributed by atoms with E-state index in [1.54, 1.807) is 26.8 Å². The average molecular weight is 279 g/mol. The molecule has 1 aromatic rings. The van der Waals surface area contributed by atoms with Crippen LogP contribution in [0.2, 0.25) is 0 Å². The predicted molar refractivity (Wildman–Crippen MR) is 73.6 cm³/mol. The quantitative estimate of drug-likeness (QED) is 0.891. The van der Waals surface area contributed by atoms with Crippen molar-refractivity contribution in [3.05, 3.63) is 23.2 Å². The van der Waals surface area contributed by atoms with E-state index in [2.05, 4.69) is 5.32 Å². The number of carboxylic acid groups (broad SMARTS) is 1. The number of rotatable bonds is 3. The molecule has 0 radical (unpaired) electrons. The molecule has 1 saturated carbocycles. The van der Waals surface area contributed by atoms with Gasteiger partial charge < -0.3 is 14.8 Å². The number of carbonyl (C=O) groups excluding carboxylic acids is 1. The fraction of sp³-hybridized carbons (Fsp3) is 0.600. The topological polar surface area (TPSA) is 79.5 Å². The van der Waals surface area contributed by atoms with Crippen LogP contribution in [-0.2, 0) is 4.79 Å². The molecule has 2 rings (SSSR count). The molecule has 1 aliphatic carbocycles. The summed E-state index contributed by atoms with van der Waals surface area (Å²) in [6, 6.07) is 1.35. The van der Waals surface area contributed by atoms with Crippen LogP contribution < -0.4 is 5.32 Å². The van der Waals surface area contributed by atoms with Crippen molar-refractivity contribution in [3.63, 3.8) is 0 Å². The highest BCUT2D eigenvalue weighted by Crippen LogP contribution is 2.36. The summed E-state index contributed by atoms with van der Waals surface area (Å²) in [6.07, 6.45) is 3.12. The maximum atomic E-state index is 12.3. The van der Waals surface area contributed by atoms with Crippen LogP contribution in [0.25, 0.3) is 0 Å². The molecule has 1 fully saturated rings. The highest BCUT2D eigenvalue weighted by atomic mass is 16.4. The number of aryl methyl sites for hydroxylation is 2. The second-order valence-corrected chi connectivity index (χ2v) is 5.82. The second-order valence-electron chi connectivity index (χ2n) is 5.82. The molecule has 1 heterocycles. The molecule has 0 saturated heterocycles. The lowest BCUT2D eigenvalue weighted by molar-refractivity contribution is -0.151. The van der Waals surface area contributed by atoms with E-state index in [4.69, 9.17) is 4.42 Å². The average Bonchev–Trinajstić information content (AvgIpc) is 2.71. The Kier molecular flexibility index (Phi) is 3.88. The van der Waals surface area contributed by atoms with Crippen molar-refractivity contribution >= 4 is 11.9 Å². The number of hydrogen-bond acceptors (Lipinski definition) is 3. The van der Waals surface area contributed by atoms with Crippen molar-refractivity contribution in [3.8, 4) is 0 Å². The summed E-state index contributed by atoms with van der Waals surface area (Å²) in [5.41, 5.74) is -0.401. The van der Waals surface area contributed by atoms with Gasteiger partial charge in [0.2, 0.25) is 0 Å². The van der Waals surface area contributed by atoms with Crippen molar-refractivity contribution in [2.24, 2.45) is 5.41 Å². The number of furan rings is 1. The van der Waals surface area contributed by atoms with Crippen LogP contribution in [0, 0.1) is 19.3 Å². The fourth-order valence-electron chi connectivity index (χ4n) is 2.91. The number of carboxylic acids is 1. The van der Waals surface area contributed by atoms with Crippen molar-refractivity contribution in [2.45, 2.75) is 52.5 Å². The standard InChI is InChI=1S/C15H21NO4/c1-9-8-11(10(2)20-9)13(17)16-12-6-4-5-7-15(12,3)14(18)19/h8,12H,4-7H2,1-3H3,(H,16,17)(H,18,19). The number of nitrogens with one attached hydrogen (secondary N) is 1. The third kappa shape index (κ3) is 2.57. The lowest BCUT2D eigenvalue weighted by Gasteiger charge is -2.38.